The number of amides is 1. The quantitative estimate of drug-likeness (QED) is 0.748. The van der Waals surface area contributed by atoms with E-state index in [1.54, 1.807) is 30.6 Å². The normalized spacial score (nSPS) is 23.3. The highest BCUT2D eigenvalue weighted by atomic mass is 19.4. The summed E-state index contributed by atoms with van der Waals surface area (Å²) in [7, 11) is 0. The van der Waals surface area contributed by atoms with Gasteiger partial charge >= 0.3 is 6.36 Å². The number of hydrogen-bond acceptors (Lipinski definition) is 5. The SMILES string of the molecule is O=C(NCCc1ccc(OC(F)(F)F)cc1)[C@@H]1C[C@@H]2CCCC[C@H]2N1c1ncccn1. The Balaban J connectivity index is 1.36. The average Bonchev–Trinajstić information content (AvgIpc) is 3.14. The Morgan fingerprint density at radius 3 is 2.55 bits per heavy atom. The second-order valence-electron chi connectivity index (χ2n) is 8.05. The smallest absolute Gasteiger partial charge is 0.406 e. The summed E-state index contributed by atoms with van der Waals surface area (Å²) in [5, 5.41) is 2.99. The molecule has 6 nitrogen and oxygen atoms in total. The van der Waals surface area contributed by atoms with Gasteiger partial charge in [-0.2, -0.15) is 0 Å². The first kappa shape index (κ1) is 21.4. The van der Waals surface area contributed by atoms with E-state index in [0.717, 1.165) is 31.2 Å². The van der Waals surface area contributed by atoms with E-state index in [1.165, 1.54) is 18.6 Å². The van der Waals surface area contributed by atoms with E-state index in [9.17, 15) is 18.0 Å². The van der Waals surface area contributed by atoms with Gasteiger partial charge in [-0.15, -0.1) is 13.2 Å². The van der Waals surface area contributed by atoms with E-state index in [2.05, 4.69) is 24.9 Å². The maximum atomic E-state index is 13.0. The second kappa shape index (κ2) is 9.11. The molecule has 1 amide bonds. The van der Waals surface area contributed by atoms with Gasteiger partial charge in [-0.05, 0) is 55.4 Å². The van der Waals surface area contributed by atoms with Crippen molar-refractivity contribution in [2.45, 2.75) is 57.0 Å². The van der Waals surface area contributed by atoms with Gasteiger partial charge in [0, 0.05) is 25.0 Å². The number of nitrogens with zero attached hydrogens (tertiary/aromatic N) is 3. The van der Waals surface area contributed by atoms with Crippen LogP contribution in [-0.4, -0.2) is 40.9 Å². The number of ether oxygens (including phenoxy) is 1. The molecule has 3 atom stereocenters. The van der Waals surface area contributed by atoms with E-state index in [4.69, 9.17) is 0 Å². The Morgan fingerprint density at radius 1 is 1.13 bits per heavy atom. The van der Waals surface area contributed by atoms with Gasteiger partial charge in [0.15, 0.2) is 0 Å². The lowest BCUT2D eigenvalue weighted by Crippen LogP contribution is -2.48. The number of benzene rings is 1. The van der Waals surface area contributed by atoms with Crippen molar-refractivity contribution in [1.29, 1.82) is 0 Å². The lowest BCUT2D eigenvalue weighted by atomic mass is 9.85. The minimum Gasteiger partial charge on any atom is -0.406 e. The van der Waals surface area contributed by atoms with Gasteiger partial charge < -0.3 is 15.0 Å². The largest absolute Gasteiger partial charge is 0.573 e. The topological polar surface area (TPSA) is 67.3 Å². The van der Waals surface area contributed by atoms with Gasteiger partial charge in [0.05, 0.1) is 0 Å². The van der Waals surface area contributed by atoms with Gasteiger partial charge in [-0.1, -0.05) is 25.0 Å². The Morgan fingerprint density at radius 2 is 1.84 bits per heavy atom. The van der Waals surface area contributed by atoms with Crippen molar-refractivity contribution >= 4 is 11.9 Å². The highest BCUT2D eigenvalue weighted by molar-refractivity contribution is 5.85. The van der Waals surface area contributed by atoms with Gasteiger partial charge in [-0.3, -0.25) is 4.79 Å². The lowest BCUT2D eigenvalue weighted by Gasteiger charge is -2.33. The van der Waals surface area contributed by atoms with E-state index in [1.807, 2.05) is 0 Å². The van der Waals surface area contributed by atoms with Crippen molar-refractivity contribution in [2.75, 3.05) is 11.4 Å². The van der Waals surface area contributed by atoms with Crippen LogP contribution < -0.4 is 15.0 Å². The van der Waals surface area contributed by atoms with Crippen LogP contribution in [0.3, 0.4) is 0 Å². The second-order valence-corrected chi connectivity index (χ2v) is 8.05. The molecule has 4 rings (SSSR count). The van der Waals surface area contributed by atoms with Crippen LogP contribution in [0.5, 0.6) is 5.75 Å². The highest BCUT2D eigenvalue weighted by Crippen LogP contribution is 2.41. The predicted octanol–water partition coefficient (Wildman–Crippen LogP) is 3.87. The molecule has 1 saturated carbocycles. The number of aromatic nitrogens is 2. The van der Waals surface area contributed by atoms with Crippen LogP contribution in [0.1, 0.15) is 37.7 Å². The molecule has 1 aromatic heterocycles. The molecule has 1 aliphatic heterocycles. The number of halogens is 3. The fourth-order valence-electron chi connectivity index (χ4n) is 4.71. The summed E-state index contributed by atoms with van der Waals surface area (Å²) in [4.78, 5) is 23.9. The van der Waals surface area contributed by atoms with Gasteiger partial charge in [-0.25, -0.2) is 9.97 Å². The van der Waals surface area contributed by atoms with Gasteiger partial charge in [0.1, 0.15) is 11.8 Å². The first-order valence-electron chi connectivity index (χ1n) is 10.6. The number of nitrogens with one attached hydrogen (secondary N) is 1. The van der Waals surface area contributed by atoms with Crippen molar-refractivity contribution in [1.82, 2.24) is 15.3 Å². The standard InChI is InChI=1S/C22H25F3N4O2/c23-22(24,25)31-17-8-6-15(7-9-17)10-13-26-20(30)19-14-16-4-1-2-5-18(16)29(19)21-27-11-3-12-28-21/h3,6-9,11-12,16,18-19H,1-2,4-5,10,13-14H2,(H,26,30)/t16-,18+,19-/m0/s1. The summed E-state index contributed by atoms with van der Waals surface area (Å²) in [6, 6.07) is 7.44. The van der Waals surface area contributed by atoms with Gasteiger partial charge in [0.25, 0.3) is 0 Å². The monoisotopic (exact) mass is 434 g/mol. The van der Waals surface area contributed by atoms with E-state index < -0.39 is 6.36 Å². The molecule has 9 heteroatoms. The number of carbonyl (C=O) groups excluding carboxylic acids is 1. The molecule has 0 bridgehead atoms. The first-order valence-corrected chi connectivity index (χ1v) is 10.6. The molecule has 2 fully saturated rings. The molecular weight excluding hydrogens is 409 g/mol. The molecule has 1 aromatic carbocycles. The maximum absolute atomic E-state index is 13.0. The average molecular weight is 434 g/mol. The molecule has 1 aliphatic carbocycles. The molecular formula is C22H25F3N4O2. The molecule has 2 aromatic rings. The van der Waals surface area contributed by atoms with Crippen LogP contribution in [0.4, 0.5) is 19.1 Å². The zero-order chi connectivity index (χ0) is 21.8. The Labute approximate surface area is 178 Å². The molecule has 1 saturated heterocycles. The fraction of sp³-hybridized carbons (Fsp3) is 0.500. The highest BCUT2D eigenvalue weighted by Gasteiger charge is 2.46. The summed E-state index contributed by atoms with van der Waals surface area (Å²) in [6.45, 7) is 0.396. The molecule has 0 radical (unpaired) electrons. The molecule has 1 N–H and O–H groups in total. The summed E-state index contributed by atoms with van der Waals surface area (Å²) < 4.78 is 40.7. The number of alkyl halides is 3. The summed E-state index contributed by atoms with van der Waals surface area (Å²) >= 11 is 0. The third-order valence-corrected chi connectivity index (χ3v) is 6.04. The Hall–Kier alpha value is -2.84. The Kier molecular flexibility index (Phi) is 6.29. The summed E-state index contributed by atoms with van der Waals surface area (Å²) in [5.74, 6) is 0.748. The molecule has 2 heterocycles. The number of rotatable bonds is 6. The number of anilines is 1. The van der Waals surface area contributed by atoms with E-state index in [0.29, 0.717) is 24.8 Å². The van der Waals surface area contributed by atoms with Crippen molar-refractivity contribution in [3.05, 3.63) is 48.3 Å². The molecule has 166 valence electrons. The Bertz CT molecular complexity index is 877. The lowest BCUT2D eigenvalue weighted by molar-refractivity contribution is -0.274. The van der Waals surface area contributed by atoms with Crippen LogP contribution in [0, 0.1) is 5.92 Å². The zero-order valence-corrected chi connectivity index (χ0v) is 17.0. The molecule has 2 aliphatic rings. The van der Waals surface area contributed by atoms with Crippen LogP contribution in [-0.2, 0) is 11.2 Å². The van der Waals surface area contributed by atoms with Crippen LogP contribution in [0.15, 0.2) is 42.7 Å². The van der Waals surface area contributed by atoms with E-state index >= 15 is 0 Å². The summed E-state index contributed by atoms with van der Waals surface area (Å²) in [5.41, 5.74) is 0.818. The van der Waals surface area contributed by atoms with Crippen LogP contribution in [0.25, 0.3) is 0 Å². The summed E-state index contributed by atoms with van der Waals surface area (Å²) in [6.07, 6.45) is 4.47. The van der Waals surface area contributed by atoms with Crippen molar-refractivity contribution in [3.8, 4) is 5.75 Å². The molecule has 0 spiro atoms. The fourth-order valence-corrected chi connectivity index (χ4v) is 4.71. The minimum atomic E-state index is -4.71. The number of carbonyl (C=O) groups is 1. The first-order chi connectivity index (χ1) is 14.9. The number of hydrogen-bond donors (Lipinski definition) is 1. The van der Waals surface area contributed by atoms with Crippen LogP contribution >= 0.6 is 0 Å². The van der Waals surface area contributed by atoms with Crippen molar-refractivity contribution in [2.24, 2.45) is 5.92 Å². The molecule has 31 heavy (non-hydrogen) atoms. The van der Waals surface area contributed by atoms with Crippen LogP contribution in [0.2, 0.25) is 0 Å². The minimum absolute atomic E-state index is 0.0566. The third kappa shape index (κ3) is 5.26. The third-order valence-electron chi connectivity index (χ3n) is 6.04. The number of fused-ring (bicyclic) bond motifs is 1. The predicted molar refractivity (Wildman–Crippen MR) is 109 cm³/mol. The maximum Gasteiger partial charge on any atom is 0.573 e. The van der Waals surface area contributed by atoms with Crippen molar-refractivity contribution < 1.29 is 22.7 Å². The van der Waals surface area contributed by atoms with Crippen molar-refractivity contribution in [3.63, 3.8) is 0 Å². The van der Waals surface area contributed by atoms with E-state index in [-0.39, 0.29) is 23.7 Å². The van der Waals surface area contributed by atoms with Gasteiger partial charge in [0.2, 0.25) is 11.9 Å². The zero-order valence-electron chi connectivity index (χ0n) is 17.0. The molecule has 0 unspecified atom stereocenters.